The monoisotopic (exact) mass is 736 g/mol. The van der Waals surface area contributed by atoms with Gasteiger partial charge in [0.1, 0.15) is 11.5 Å². The van der Waals surface area contributed by atoms with Crippen LogP contribution in [0.15, 0.2) is 121 Å². The Kier molecular flexibility index (Phi) is 4.20. The Bertz CT molecular complexity index is 3620. The van der Waals surface area contributed by atoms with Crippen LogP contribution in [0.3, 0.4) is 0 Å². The minimum absolute atomic E-state index is 0.0339. The van der Waals surface area contributed by atoms with Crippen LogP contribution < -0.4 is 42.3 Å². The summed E-state index contributed by atoms with van der Waals surface area (Å²) in [5.41, 5.74) is 23.6. The van der Waals surface area contributed by atoms with Crippen molar-refractivity contribution in [1.29, 1.82) is 0 Å². The lowest BCUT2D eigenvalue weighted by Gasteiger charge is -2.45. The second-order valence-electron chi connectivity index (χ2n) is 16.9. The van der Waals surface area contributed by atoms with Gasteiger partial charge in [0.15, 0.2) is 0 Å². The Morgan fingerprint density at radius 2 is 0.586 bits per heavy atom. The molecule has 8 heteroatoms. The Labute approximate surface area is 329 Å². The molecule has 0 unspecified atom stereocenters. The highest BCUT2D eigenvalue weighted by Crippen LogP contribution is 2.51. The lowest BCUT2D eigenvalue weighted by molar-refractivity contribution is 0.425. The number of hydrogen-bond donors (Lipinski definition) is 0. The Balaban J connectivity index is 1.23. The van der Waals surface area contributed by atoms with Gasteiger partial charge in [0.25, 0.3) is 13.4 Å². The topological polar surface area (TPSA) is 38.2 Å². The van der Waals surface area contributed by atoms with Gasteiger partial charge in [-0.25, -0.2) is 0 Å². The zero-order valence-corrected chi connectivity index (χ0v) is 31.3. The Hall–Kier alpha value is -7.31. The largest absolute Gasteiger partial charge is 0.495 e. The molecule has 4 aromatic heterocycles. The van der Waals surface area contributed by atoms with Crippen LogP contribution in [-0.4, -0.2) is 45.9 Å². The van der Waals surface area contributed by atoms with E-state index in [4.69, 9.17) is 9.47 Å². The zero-order valence-electron chi connectivity index (χ0n) is 31.3. The minimum atomic E-state index is 0.0339. The van der Waals surface area contributed by atoms with Crippen LogP contribution in [0, 0.1) is 0 Å². The van der Waals surface area contributed by atoms with Crippen LogP contribution in [0.5, 0.6) is 11.5 Å². The average Bonchev–Trinajstić information content (AvgIpc) is 4.02. The number of aromatic nitrogens is 4. The van der Waals surface area contributed by atoms with E-state index in [1.54, 1.807) is 0 Å². The normalized spacial score (nSPS) is 14.3. The van der Waals surface area contributed by atoms with Gasteiger partial charge in [0, 0.05) is 44.3 Å². The van der Waals surface area contributed by atoms with E-state index in [1.807, 2.05) is 14.2 Å². The van der Waals surface area contributed by atoms with Crippen LogP contribution in [0.1, 0.15) is 0 Å². The van der Waals surface area contributed by atoms with Crippen LogP contribution in [0.2, 0.25) is 0 Å². The van der Waals surface area contributed by atoms with Crippen molar-refractivity contribution in [3.63, 3.8) is 0 Å². The van der Waals surface area contributed by atoms with Crippen LogP contribution in [0.25, 0.3) is 110 Å². The molecule has 0 spiro atoms. The fraction of sp³-hybridized carbons (Fsp3) is 0.0400. The van der Waals surface area contributed by atoms with E-state index in [9.17, 15) is 0 Å². The molecule has 0 radical (unpaired) electrons. The molecule has 0 amide bonds. The Morgan fingerprint density at radius 1 is 0.328 bits per heavy atom. The molecule has 0 bridgehead atoms. The first-order chi connectivity index (χ1) is 28.8. The number of fused-ring (bicyclic) bond motifs is 16. The smallest absolute Gasteiger partial charge is 0.251 e. The van der Waals surface area contributed by atoms with Crippen LogP contribution in [-0.2, 0) is 0 Å². The lowest BCUT2D eigenvalue weighted by atomic mass is 9.18. The number of methoxy groups -OCH3 is 2. The highest BCUT2D eigenvalue weighted by Gasteiger charge is 2.55. The van der Waals surface area contributed by atoms with E-state index in [0.717, 1.165) is 11.5 Å². The molecule has 0 atom stereocenters. The van der Waals surface area contributed by atoms with Gasteiger partial charge in [0.2, 0.25) is 0 Å². The summed E-state index contributed by atoms with van der Waals surface area (Å²) >= 11 is 0. The summed E-state index contributed by atoms with van der Waals surface area (Å²) in [7, 11) is 3.72. The van der Waals surface area contributed by atoms with Crippen molar-refractivity contribution >= 4 is 133 Å². The third kappa shape index (κ3) is 2.49. The molecule has 264 valence electrons. The summed E-state index contributed by atoms with van der Waals surface area (Å²) in [4.78, 5) is 0. The molecule has 12 aromatic rings. The molecule has 8 aromatic carbocycles. The third-order valence-corrected chi connectivity index (χ3v) is 15.0. The minimum Gasteiger partial charge on any atom is -0.495 e. The molecule has 0 saturated carbocycles. The molecular formula is C50H26B2N4O2. The second kappa shape index (κ2) is 8.65. The van der Waals surface area contributed by atoms with Crippen molar-refractivity contribution in [3.05, 3.63) is 121 Å². The number of nitrogens with zero attached hydrogens (tertiary/aromatic N) is 4. The number of benzene rings is 8. The molecule has 58 heavy (non-hydrogen) atoms. The van der Waals surface area contributed by atoms with Crippen molar-refractivity contribution in [2.24, 2.45) is 0 Å². The predicted octanol–water partition coefficient (Wildman–Crippen LogP) is 6.69. The van der Waals surface area contributed by atoms with E-state index < -0.39 is 0 Å². The highest BCUT2D eigenvalue weighted by atomic mass is 16.5. The van der Waals surface area contributed by atoms with Crippen molar-refractivity contribution < 1.29 is 9.47 Å². The molecule has 17 rings (SSSR count). The first-order valence-corrected chi connectivity index (χ1v) is 20.3. The Morgan fingerprint density at radius 3 is 0.845 bits per heavy atom. The van der Waals surface area contributed by atoms with Gasteiger partial charge in [-0.2, -0.15) is 0 Å². The highest BCUT2D eigenvalue weighted by molar-refractivity contribution is 7.15. The molecule has 0 N–H and O–H groups in total. The number of rotatable bonds is 2. The maximum atomic E-state index is 6.61. The van der Waals surface area contributed by atoms with E-state index >= 15 is 0 Å². The van der Waals surface area contributed by atoms with Gasteiger partial charge in [-0.1, -0.05) is 72.8 Å². The summed E-state index contributed by atoms with van der Waals surface area (Å²) in [6, 6.07) is 45.6. The number of ether oxygens (including phenoxy) is 2. The predicted molar refractivity (Wildman–Crippen MR) is 240 cm³/mol. The summed E-state index contributed by atoms with van der Waals surface area (Å²) < 4.78 is 23.6. The van der Waals surface area contributed by atoms with Crippen LogP contribution >= 0.6 is 0 Å². The molecule has 0 fully saturated rings. The van der Waals surface area contributed by atoms with E-state index in [1.165, 1.54) is 143 Å². The number of hydrogen-bond acceptors (Lipinski definition) is 2. The third-order valence-electron chi connectivity index (χ3n) is 15.0. The maximum absolute atomic E-state index is 6.61. The number of para-hydroxylation sites is 4. The van der Waals surface area contributed by atoms with E-state index in [0.29, 0.717) is 0 Å². The van der Waals surface area contributed by atoms with Crippen molar-refractivity contribution in [1.82, 2.24) is 18.3 Å². The summed E-state index contributed by atoms with van der Waals surface area (Å²) in [5, 5.41) is 9.75. The SMILES string of the molecule is COc1c2c3ccccc3n3c2c2c4c1c1ccccc1n4-c1ccc4c5c1B2c1c-3ccc2c1B5c1c3c(c(OC)c5c6ccccc6n-4c15)c1ccccc1n3-2. The van der Waals surface area contributed by atoms with Gasteiger partial charge in [-0.05, 0) is 81.3 Å². The lowest BCUT2D eigenvalue weighted by Crippen LogP contribution is -2.80. The van der Waals surface area contributed by atoms with E-state index in [2.05, 4.69) is 140 Å². The summed E-state index contributed by atoms with van der Waals surface area (Å²) in [6.45, 7) is 0.0679. The van der Waals surface area contributed by atoms with Gasteiger partial charge in [-0.15, -0.1) is 0 Å². The maximum Gasteiger partial charge on any atom is 0.251 e. The van der Waals surface area contributed by atoms with Gasteiger partial charge in [0.05, 0.1) is 79.9 Å². The quantitative estimate of drug-likeness (QED) is 0.186. The van der Waals surface area contributed by atoms with Crippen molar-refractivity contribution in [2.45, 2.75) is 0 Å². The molecule has 5 aliphatic heterocycles. The molecule has 5 aliphatic rings. The van der Waals surface area contributed by atoms with Gasteiger partial charge >= 0.3 is 0 Å². The molecule has 9 heterocycles. The average molecular weight is 736 g/mol. The van der Waals surface area contributed by atoms with Crippen molar-refractivity contribution in [2.75, 3.05) is 14.2 Å². The molecular weight excluding hydrogens is 710 g/mol. The van der Waals surface area contributed by atoms with Gasteiger partial charge in [-0.3, -0.25) is 0 Å². The van der Waals surface area contributed by atoms with Gasteiger partial charge < -0.3 is 27.7 Å². The van der Waals surface area contributed by atoms with E-state index in [-0.39, 0.29) is 13.4 Å². The molecule has 0 aliphatic carbocycles. The molecule has 6 nitrogen and oxygen atoms in total. The van der Waals surface area contributed by atoms with Crippen molar-refractivity contribution in [3.8, 4) is 34.2 Å². The van der Waals surface area contributed by atoms with Crippen LogP contribution in [0.4, 0.5) is 0 Å². The fourth-order valence-electron chi connectivity index (χ4n) is 13.4. The summed E-state index contributed by atoms with van der Waals surface area (Å²) in [6.07, 6.45) is 0. The fourth-order valence-corrected chi connectivity index (χ4v) is 13.4. The first kappa shape index (κ1) is 28.1. The molecule has 0 saturated heterocycles. The first-order valence-electron chi connectivity index (χ1n) is 20.3. The second-order valence-corrected chi connectivity index (χ2v) is 16.9. The standard InChI is InChI=1S/C50H26B2N4O2/c1-57-49-35-23-11-3-7-15-27(23)53-31-19-21-33-41-39(31)51-40-32(54-28-16-8-4-12-24(28)36(49)46(54)43(51)45(35)53)20-22-34-42(40)52(41)44-47-37(25-13-5-9-17-29(25)55(33)47)50(58-2)38-26-14-6-10-18-30(26)56(34)48(38)44/h3-22H,1-2H3. The summed E-state index contributed by atoms with van der Waals surface area (Å²) in [5.74, 6) is 1.93. The zero-order chi connectivity index (χ0) is 37.2.